The van der Waals surface area contributed by atoms with Gasteiger partial charge in [0.15, 0.2) is 5.78 Å². The molecule has 0 atom stereocenters. The molecule has 104 valence electrons. The van der Waals surface area contributed by atoms with Crippen LogP contribution in [0.4, 0.5) is 0 Å². The van der Waals surface area contributed by atoms with E-state index in [1.165, 1.54) is 22.5 Å². The summed E-state index contributed by atoms with van der Waals surface area (Å²) in [6, 6.07) is 20.6. The minimum atomic E-state index is 0.0682. The Balaban J connectivity index is 2.10. The van der Waals surface area contributed by atoms with Crippen LogP contribution in [0.3, 0.4) is 0 Å². The minimum Gasteiger partial charge on any atom is -0.294 e. The van der Waals surface area contributed by atoms with Crippen molar-refractivity contribution in [2.24, 2.45) is 0 Å². The number of carbonyl (C=O) groups excluding carboxylic acids is 1. The first kappa shape index (κ1) is 13.7. The lowest BCUT2D eigenvalue weighted by Crippen LogP contribution is -2.02. The van der Waals surface area contributed by atoms with Crippen molar-refractivity contribution in [2.45, 2.75) is 12.8 Å². The molecule has 1 heterocycles. The monoisotopic (exact) mass is 293 g/mol. The quantitative estimate of drug-likeness (QED) is 0.662. The number of thiazole rings is 1. The Morgan fingerprint density at radius 3 is 1.90 bits per heavy atom. The molecule has 2 nitrogen and oxygen atoms in total. The maximum Gasteiger partial charge on any atom is 0.171 e. The van der Waals surface area contributed by atoms with Gasteiger partial charge in [0, 0.05) is 13.1 Å². The fraction of sp³-hybridized carbons (Fsp3) is 0.111. The van der Waals surface area contributed by atoms with E-state index < -0.39 is 0 Å². The van der Waals surface area contributed by atoms with E-state index in [0.29, 0.717) is 4.88 Å². The highest BCUT2D eigenvalue weighted by Gasteiger charge is 2.20. The van der Waals surface area contributed by atoms with Crippen molar-refractivity contribution in [1.82, 2.24) is 4.98 Å². The van der Waals surface area contributed by atoms with Gasteiger partial charge < -0.3 is 0 Å². The highest BCUT2D eigenvalue weighted by Crippen LogP contribution is 2.34. The van der Waals surface area contributed by atoms with E-state index in [9.17, 15) is 4.79 Å². The second-order valence-corrected chi connectivity index (χ2v) is 5.94. The average molecular weight is 293 g/mol. The number of nitrogens with zero attached hydrogens (tertiary/aromatic N) is 1. The molecule has 21 heavy (non-hydrogen) atoms. The highest BCUT2D eigenvalue weighted by atomic mass is 32.1. The first-order valence-corrected chi connectivity index (χ1v) is 7.64. The molecule has 3 rings (SSSR count). The number of rotatable bonds is 4. The number of Topliss-reactive ketones (excluding diaryl/α,β-unsaturated/α-hetero) is 1. The standard InChI is InChI=1S/C18H15NOS/c1-13(20)16-12-19-18(21-16)17(14-8-4-2-5-9-14)15-10-6-3-7-11-15/h2-12,17H,1H3. The molecular weight excluding hydrogens is 278 g/mol. The van der Waals surface area contributed by atoms with Crippen LogP contribution in [-0.2, 0) is 0 Å². The predicted molar refractivity (Wildman–Crippen MR) is 85.9 cm³/mol. The number of hydrogen-bond acceptors (Lipinski definition) is 3. The first-order chi connectivity index (χ1) is 10.3. The lowest BCUT2D eigenvalue weighted by Gasteiger charge is -2.15. The van der Waals surface area contributed by atoms with Crippen molar-refractivity contribution < 1.29 is 4.79 Å². The first-order valence-electron chi connectivity index (χ1n) is 6.82. The molecule has 0 aliphatic heterocycles. The van der Waals surface area contributed by atoms with Crippen LogP contribution in [0.25, 0.3) is 0 Å². The van der Waals surface area contributed by atoms with Crippen molar-refractivity contribution >= 4 is 17.1 Å². The summed E-state index contributed by atoms with van der Waals surface area (Å²) in [5, 5.41) is 0.956. The van der Waals surface area contributed by atoms with Gasteiger partial charge in [0.1, 0.15) is 5.01 Å². The van der Waals surface area contributed by atoms with Crippen LogP contribution < -0.4 is 0 Å². The van der Waals surface area contributed by atoms with Gasteiger partial charge in [0.2, 0.25) is 0 Å². The molecule has 0 aliphatic rings. The lowest BCUT2D eigenvalue weighted by molar-refractivity contribution is 0.102. The smallest absolute Gasteiger partial charge is 0.171 e. The van der Waals surface area contributed by atoms with Crippen molar-refractivity contribution in [2.75, 3.05) is 0 Å². The van der Waals surface area contributed by atoms with Crippen molar-refractivity contribution in [3.63, 3.8) is 0 Å². The van der Waals surface area contributed by atoms with Crippen LogP contribution in [0.15, 0.2) is 66.9 Å². The van der Waals surface area contributed by atoms with E-state index in [-0.39, 0.29) is 11.7 Å². The Morgan fingerprint density at radius 1 is 0.952 bits per heavy atom. The summed E-state index contributed by atoms with van der Waals surface area (Å²) in [7, 11) is 0. The van der Waals surface area contributed by atoms with Crippen LogP contribution in [0.2, 0.25) is 0 Å². The third kappa shape index (κ3) is 2.93. The van der Waals surface area contributed by atoms with E-state index in [4.69, 9.17) is 0 Å². The molecule has 0 saturated heterocycles. The Morgan fingerprint density at radius 2 is 1.48 bits per heavy atom. The van der Waals surface area contributed by atoms with E-state index in [1.54, 1.807) is 13.1 Å². The van der Waals surface area contributed by atoms with E-state index in [0.717, 1.165) is 5.01 Å². The highest BCUT2D eigenvalue weighted by molar-refractivity contribution is 7.13. The summed E-state index contributed by atoms with van der Waals surface area (Å²) in [5.41, 5.74) is 2.38. The van der Waals surface area contributed by atoms with Crippen LogP contribution in [0.5, 0.6) is 0 Å². The van der Waals surface area contributed by atoms with Gasteiger partial charge in [0.25, 0.3) is 0 Å². The summed E-state index contributed by atoms with van der Waals surface area (Å²) in [4.78, 5) is 16.7. The number of aromatic nitrogens is 1. The molecule has 0 fully saturated rings. The maximum absolute atomic E-state index is 11.5. The summed E-state index contributed by atoms with van der Waals surface area (Å²) >= 11 is 1.48. The Kier molecular flexibility index (Phi) is 3.93. The molecule has 0 radical (unpaired) electrons. The van der Waals surface area contributed by atoms with Crippen molar-refractivity contribution in [1.29, 1.82) is 0 Å². The average Bonchev–Trinajstić information content (AvgIpc) is 3.00. The molecule has 0 spiro atoms. The van der Waals surface area contributed by atoms with Crippen LogP contribution in [0, 0.1) is 0 Å². The molecule has 1 aromatic heterocycles. The largest absolute Gasteiger partial charge is 0.294 e. The number of benzene rings is 2. The Bertz CT molecular complexity index is 695. The molecular formula is C18H15NOS. The van der Waals surface area contributed by atoms with Gasteiger partial charge in [-0.05, 0) is 11.1 Å². The maximum atomic E-state index is 11.5. The van der Waals surface area contributed by atoms with E-state index in [2.05, 4.69) is 29.2 Å². The molecule has 0 bridgehead atoms. The van der Waals surface area contributed by atoms with Crippen molar-refractivity contribution in [3.05, 3.63) is 87.9 Å². The van der Waals surface area contributed by atoms with Gasteiger partial charge in [-0.1, -0.05) is 60.7 Å². The van der Waals surface area contributed by atoms with Crippen LogP contribution in [-0.4, -0.2) is 10.8 Å². The summed E-state index contributed by atoms with van der Waals surface area (Å²) in [6.07, 6.45) is 1.68. The molecule has 0 saturated carbocycles. The van der Waals surface area contributed by atoms with Gasteiger partial charge in [-0.2, -0.15) is 0 Å². The zero-order valence-electron chi connectivity index (χ0n) is 11.7. The fourth-order valence-corrected chi connectivity index (χ4v) is 3.32. The summed E-state index contributed by atoms with van der Waals surface area (Å²) in [6.45, 7) is 1.58. The van der Waals surface area contributed by atoms with Gasteiger partial charge in [-0.3, -0.25) is 4.79 Å². The Hall–Kier alpha value is -2.26. The van der Waals surface area contributed by atoms with Gasteiger partial charge in [0.05, 0.1) is 10.8 Å². The molecule has 2 aromatic carbocycles. The predicted octanol–water partition coefficient (Wildman–Crippen LogP) is 4.53. The van der Waals surface area contributed by atoms with E-state index >= 15 is 0 Å². The fourth-order valence-electron chi connectivity index (χ4n) is 2.35. The SMILES string of the molecule is CC(=O)c1cnc(C(c2ccccc2)c2ccccc2)s1. The molecule has 0 unspecified atom stereocenters. The third-order valence-electron chi connectivity index (χ3n) is 3.38. The number of ketones is 1. The zero-order chi connectivity index (χ0) is 14.7. The van der Waals surface area contributed by atoms with Crippen LogP contribution >= 0.6 is 11.3 Å². The lowest BCUT2D eigenvalue weighted by atomic mass is 9.92. The second-order valence-electron chi connectivity index (χ2n) is 4.87. The molecule has 0 amide bonds. The normalized spacial score (nSPS) is 10.8. The van der Waals surface area contributed by atoms with Crippen LogP contribution in [0.1, 0.15) is 38.6 Å². The number of carbonyl (C=O) groups is 1. The summed E-state index contributed by atoms with van der Waals surface area (Å²) < 4.78 is 0. The van der Waals surface area contributed by atoms with Gasteiger partial charge in [-0.15, -0.1) is 11.3 Å². The zero-order valence-corrected chi connectivity index (χ0v) is 12.5. The Labute approximate surface area is 128 Å². The minimum absolute atomic E-state index is 0.0682. The van der Waals surface area contributed by atoms with E-state index in [1.807, 2.05) is 36.4 Å². The molecule has 0 N–H and O–H groups in total. The van der Waals surface area contributed by atoms with Crippen molar-refractivity contribution in [3.8, 4) is 0 Å². The third-order valence-corrected chi connectivity index (χ3v) is 4.55. The molecule has 3 heteroatoms. The van der Waals surface area contributed by atoms with Gasteiger partial charge in [-0.25, -0.2) is 4.98 Å². The number of hydrogen-bond donors (Lipinski definition) is 0. The second kappa shape index (κ2) is 6.02. The molecule has 3 aromatic rings. The molecule has 0 aliphatic carbocycles. The summed E-state index contributed by atoms with van der Waals surface area (Å²) in [5.74, 6) is 0.143. The topological polar surface area (TPSA) is 30.0 Å². The van der Waals surface area contributed by atoms with Gasteiger partial charge >= 0.3 is 0 Å².